The predicted molar refractivity (Wildman–Crippen MR) is 108 cm³/mol. The van der Waals surface area contributed by atoms with Gasteiger partial charge in [-0.1, -0.05) is 44.5 Å². The number of hydrogen-bond acceptors (Lipinski definition) is 4. The molecule has 1 heterocycles. The van der Waals surface area contributed by atoms with Crippen LogP contribution in [0, 0.1) is 5.92 Å². The highest BCUT2D eigenvalue weighted by molar-refractivity contribution is 5.33. The van der Waals surface area contributed by atoms with Crippen molar-refractivity contribution < 1.29 is 14.6 Å². The second kappa shape index (κ2) is 8.32. The first-order valence-electron chi connectivity index (χ1n) is 9.77. The van der Waals surface area contributed by atoms with E-state index in [1.165, 1.54) is 11.1 Å². The Labute approximate surface area is 162 Å². The van der Waals surface area contributed by atoms with Crippen LogP contribution >= 0.6 is 0 Å². The fourth-order valence-electron chi connectivity index (χ4n) is 4.28. The Morgan fingerprint density at radius 1 is 0.963 bits per heavy atom. The molecule has 146 valence electrons. The third kappa shape index (κ3) is 4.12. The molecule has 2 aromatic carbocycles. The van der Waals surface area contributed by atoms with Crippen LogP contribution in [0.5, 0.6) is 11.5 Å². The molecule has 0 aliphatic carbocycles. The van der Waals surface area contributed by atoms with Crippen molar-refractivity contribution >= 4 is 0 Å². The van der Waals surface area contributed by atoms with Crippen LogP contribution in [0.1, 0.15) is 56.3 Å². The molecule has 1 fully saturated rings. The lowest BCUT2D eigenvalue weighted by atomic mass is 9.70. The van der Waals surface area contributed by atoms with Crippen LogP contribution in [-0.2, 0) is 0 Å². The minimum Gasteiger partial charge on any atom is -0.497 e. The Balaban J connectivity index is 1.93. The first-order chi connectivity index (χ1) is 13.0. The molecule has 4 nitrogen and oxygen atoms in total. The molecule has 4 heteroatoms. The van der Waals surface area contributed by atoms with Gasteiger partial charge < -0.3 is 19.9 Å². The average Bonchev–Trinajstić information content (AvgIpc) is 2.70. The molecule has 0 saturated carbocycles. The van der Waals surface area contributed by atoms with Crippen LogP contribution in [0.2, 0.25) is 0 Å². The molecule has 27 heavy (non-hydrogen) atoms. The number of piperidine rings is 1. The van der Waals surface area contributed by atoms with Crippen molar-refractivity contribution in [2.24, 2.45) is 5.92 Å². The fourth-order valence-corrected chi connectivity index (χ4v) is 4.28. The standard InChI is InChI=1S/C23H31NO3/c1-5-14-23(25)15-21(17-6-10-19(26-3)11-7-17)24-22(16(23)2)18-8-12-20(27-4)13-9-18/h6-13,16,21-22,24-25H,5,14-15H2,1-4H3/t16-,21-,22+,23+/m1/s1. The van der Waals surface area contributed by atoms with Crippen molar-refractivity contribution in [3.05, 3.63) is 59.7 Å². The van der Waals surface area contributed by atoms with Crippen molar-refractivity contribution in [3.8, 4) is 11.5 Å². The van der Waals surface area contributed by atoms with Crippen LogP contribution in [0.3, 0.4) is 0 Å². The first-order valence-corrected chi connectivity index (χ1v) is 9.77. The van der Waals surface area contributed by atoms with Gasteiger partial charge in [0, 0.05) is 18.0 Å². The number of methoxy groups -OCH3 is 2. The van der Waals surface area contributed by atoms with E-state index in [4.69, 9.17) is 9.47 Å². The zero-order valence-electron chi connectivity index (χ0n) is 16.7. The van der Waals surface area contributed by atoms with Crippen molar-refractivity contribution in [2.45, 2.75) is 50.8 Å². The fraction of sp³-hybridized carbons (Fsp3) is 0.478. The largest absolute Gasteiger partial charge is 0.497 e. The number of rotatable bonds is 6. The van der Waals surface area contributed by atoms with Crippen molar-refractivity contribution in [2.75, 3.05) is 14.2 Å². The van der Waals surface area contributed by atoms with Gasteiger partial charge in [-0.2, -0.15) is 0 Å². The van der Waals surface area contributed by atoms with Crippen LogP contribution in [0.25, 0.3) is 0 Å². The van der Waals surface area contributed by atoms with Gasteiger partial charge in [-0.25, -0.2) is 0 Å². The average molecular weight is 370 g/mol. The lowest BCUT2D eigenvalue weighted by molar-refractivity contribution is -0.0743. The Bertz CT molecular complexity index is 728. The summed E-state index contributed by atoms with van der Waals surface area (Å²) < 4.78 is 10.6. The monoisotopic (exact) mass is 369 g/mol. The van der Waals surface area contributed by atoms with E-state index in [0.717, 1.165) is 24.3 Å². The quantitative estimate of drug-likeness (QED) is 0.778. The van der Waals surface area contributed by atoms with Crippen molar-refractivity contribution in [3.63, 3.8) is 0 Å². The number of ether oxygens (including phenoxy) is 2. The van der Waals surface area contributed by atoms with Gasteiger partial charge in [-0.05, 0) is 48.2 Å². The maximum atomic E-state index is 11.5. The maximum absolute atomic E-state index is 11.5. The summed E-state index contributed by atoms with van der Waals surface area (Å²) in [6.45, 7) is 4.29. The summed E-state index contributed by atoms with van der Waals surface area (Å²) in [5.41, 5.74) is 1.65. The van der Waals surface area contributed by atoms with Crippen molar-refractivity contribution in [1.29, 1.82) is 0 Å². The number of hydrogen-bond donors (Lipinski definition) is 2. The van der Waals surface area contributed by atoms with E-state index in [1.54, 1.807) is 14.2 Å². The topological polar surface area (TPSA) is 50.7 Å². The van der Waals surface area contributed by atoms with Crippen molar-refractivity contribution in [1.82, 2.24) is 5.32 Å². The normalized spacial score (nSPS) is 28.0. The third-order valence-corrected chi connectivity index (χ3v) is 5.96. The molecule has 0 spiro atoms. The molecule has 0 unspecified atom stereocenters. The Hall–Kier alpha value is -2.04. The minimum atomic E-state index is -0.699. The molecule has 1 aliphatic rings. The molecule has 1 saturated heterocycles. The van der Waals surface area contributed by atoms with E-state index in [0.29, 0.717) is 6.42 Å². The van der Waals surface area contributed by atoms with Gasteiger partial charge in [0.05, 0.1) is 19.8 Å². The Kier molecular flexibility index (Phi) is 6.08. The summed E-state index contributed by atoms with van der Waals surface area (Å²) in [5, 5.41) is 15.3. The predicted octanol–water partition coefficient (Wildman–Crippen LogP) is 4.65. The summed E-state index contributed by atoms with van der Waals surface area (Å²) in [4.78, 5) is 0. The van der Waals surface area contributed by atoms with E-state index in [9.17, 15) is 5.11 Å². The zero-order chi connectivity index (χ0) is 19.4. The van der Waals surface area contributed by atoms with E-state index in [2.05, 4.69) is 43.4 Å². The smallest absolute Gasteiger partial charge is 0.118 e. The Morgan fingerprint density at radius 2 is 1.48 bits per heavy atom. The van der Waals surface area contributed by atoms with Gasteiger partial charge in [0.1, 0.15) is 11.5 Å². The van der Waals surface area contributed by atoms with E-state index in [1.807, 2.05) is 24.3 Å². The summed E-state index contributed by atoms with van der Waals surface area (Å²) in [6, 6.07) is 16.5. The van der Waals surface area contributed by atoms with Gasteiger partial charge in [-0.3, -0.25) is 0 Å². The van der Waals surface area contributed by atoms with Crippen LogP contribution < -0.4 is 14.8 Å². The highest BCUT2D eigenvalue weighted by Gasteiger charge is 2.45. The van der Waals surface area contributed by atoms with Crippen LogP contribution in [-0.4, -0.2) is 24.9 Å². The molecule has 2 N–H and O–H groups in total. The highest BCUT2D eigenvalue weighted by atomic mass is 16.5. The molecule has 4 atom stereocenters. The summed E-state index contributed by atoms with van der Waals surface area (Å²) in [7, 11) is 3.35. The number of nitrogens with one attached hydrogen (secondary N) is 1. The molecule has 0 amide bonds. The van der Waals surface area contributed by atoms with Gasteiger partial charge in [0.15, 0.2) is 0 Å². The van der Waals surface area contributed by atoms with Crippen LogP contribution in [0.15, 0.2) is 48.5 Å². The summed E-state index contributed by atoms with van der Waals surface area (Å²) in [6.07, 6.45) is 2.47. The molecule has 1 aliphatic heterocycles. The minimum absolute atomic E-state index is 0.0771. The van der Waals surface area contributed by atoms with Crippen LogP contribution in [0.4, 0.5) is 0 Å². The lowest BCUT2D eigenvalue weighted by Gasteiger charge is -2.48. The molecule has 0 radical (unpaired) electrons. The molecule has 2 aromatic rings. The molecular weight excluding hydrogens is 338 g/mol. The van der Waals surface area contributed by atoms with E-state index < -0.39 is 5.60 Å². The second-order valence-corrected chi connectivity index (χ2v) is 7.59. The zero-order valence-corrected chi connectivity index (χ0v) is 16.7. The highest BCUT2D eigenvalue weighted by Crippen LogP contribution is 2.45. The summed E-state index contributed by atoms with van der Waals surface area (Å²) >= 11 is 0. The van der Waals surface area contributed by atoms with Gasteiger partial charge in [0.2, 0.25) is 0 Å². The number of aliphatic hydroxyl groups is 1. The molecular formula is C23H31NO3. The van der Waals surface area contributed by atoms with Gasteiger partial charge in [-0.15, -0.1) is 0 Å². The first kappa shape index (κ1) is 19.7. The van der Waals surface area contributed by atoms with Gasteiger partial charge in [0.25, 0.3) is 0 Å². The Morgan fingerprint density at radius 3 is 1.96 bits per heavy atom. The maximum Gasteiger partial charge on any atom is 0.118 e. The van der Waals surface area contributed by atoms with E-state index in [-0.39, 0.29) is 18.0 Å². The molecule has 3 rings (SSSR count). The van der Waals surface area contributed by atoms with Gasteiger partial charge >= 0.3 is 0 Å². The molecule has 0 bridgehead atoms. The summed E-state index contributed by atoms with van der Waals surface area (Å²) in [5.74, 6) is 1.80. The second-order valence-electron chi connectivity index (χ2n) is 7.59. The number of benzene rings is 2. The lowest BCUT2D eigenvalue weighted by Crippen LogP contribution is -2.52. The van der Waals surface area contributed by atoms with E-state index >= 15 is 0 Å². The molecule has 0 aromatic heterocycles. The SMILES string of the molecule is CCC[C@]1(O)C[C@H](c2ccc(OC)cc2)N[C@H](c2ccc(OC)cc2)[C@H]1C. The third-order valence-electron chi connectivity index (χ3n) is 5.96.